The predicted octanol–water partition coefficient (Wildman–Crippen LogP) is 3.55. The fraction of sp³-hybridized carbons (Fsp3) is 0.647. The Morgan fingerprint density at radius 3 is 2.21 bits per heavy atom. The summed E-state index contributed by atoms with van der Waals surface area (Å²) in [5.41, 5.74) is 1.63. The van der Waals surface area contributed by atoms with Gasteiger partial charge < -0.3 is 4.90 Å². The van der Waals surface area contributed by atoms with Gasteiger partial charge in [-0.25, -0.2) is 0 Å². The van der Waals surface area contributed by atoms with Crippen LogP contribution in [0.5, 0.6) is 0 Å². The average Bonchev–Trinajstić information content (AvgIpc) is 2.88. The van der Waals surface area contributed by atoms with E-state index in [1.807, 2.05) is 0 Å². The fourth-order valence-electron chi connectivity index (χ4n) is 2.80. The molecule has 1 aliphatic heterocycles. The minimum absolute atomic E-state index is 0.195. The molecule has 0 N–H and O–H groups in total. The molecule has 1 aromatic rings. The fourth-order valence-corrected chi connectivity index (χ4v) is 2.80. The lowest BCUT2D eigenvalue weighted by Gasteiger charge is -2.40. The maximum atomic E-state index is 2.61. The molecule has 1 atom stereocenters. The quantitative estimate of drug-likeness (QED) is 0.817. The molecular weight excluding hydrogens is 232 g/mol. The molecule has 1 aromatic carbocycles. The average molecular weight is 260 g/mol. The van der Waals surface area contributed by atoms with Crippen molar-refractivity contribution in [2.24, 2.45) is 0 Å². The molecule has 2 nitrogen and oxygen atoms in total. The molecule has 2 rings (SSSR count). The van der Waals surface area contributed by atoms with Crippen LogP contribution in [0.15, 0.2) is 30.3 Å². The van der Waals surface area contributed by atoms with Crippen LogP contribution in [0.2, 0.25) is 0 Å². The number of benzene rings is 1. The summed E-state index contributed by atoms with van der Waals surface area (Å²) in [7, 11) is 2.26. The van der Waals surface area contributed by atoms with Gasteiger partial charge in [-0.2, -0.15) is 0 Å². The zero-order valence-corrected chi connectivity index (χ0v) is 12.9. The molecule has 0 amide bonds. The highest BCUT2D eigenvalue weighted by Crippen LogP contribution is 2.28. The number of hydrogen-bond acceptors (Lipinski definition) is 2. The lowest BCUT2D eigenvalue weighted by Crippen LogP contribution is -2.44. The van der Waals surface area contributed by atoms with Crippen molar-refractivity contribution >= 4 is 0 Å². The molecular formula is C17H28N2. The second kappa shape index (κ2) is 6.06. The van der Waals surface area contributed by atoms with Crippen molar-refractivity contribution in [2.75, 3.05) is 26.7 Å². The molecule has 1 unspecified atom stereocenters. The van der Waals surface area contributed by atoms with Gasteiger partial charge in [0.15, 0.2) is 0 Å². The standard InChI is InChI=1S/C17H28N2/c1-17(2,3)18(4)16(14-19-12-8-9-13-19)15-10-6-5-7-11-15/h5-7,10-11,16H,8-9,12-14H2,1-4H3. The Morgan fingerprint density at radius 1 is 1.11 bits per heavy atom. The van der Waals surface area contributed by atoms with Crippen LogP contribution in [0.25, 0.3) is 0 Å². The molecule has 1 heterocycles. The molecule has 1 saturated heterocycles. The molecule has 0 bridgehead atoms. The van der Waals surface area contributed by atoms with Gasteiger partial charge in [-0.05, 0) is 59.3 Å². The summed E-state index contributed by atoms with van der Waals surface area (Å²) in [5.74, 6) is 0. The van der Waals surface area contributed by atoms with E-state index in [0.29, 0.717) is 6.04 Å². The van der Waals surface area contributed by atoms with Crippen molar-refractivity contribution in [1.29, 1.82) is 0 Å². The van der Waals surface area contributed by atoms with E-state index in [1.165, 1.54) is 31.5 Å². The maximum Gasteiger partial charge on any atom is 0.0477 e. The Labute approximate surface area is 118 Å². The van der Waals surface area contributed by atoms with Crippen LogP contribution < -0.4 is 0 Å². The molecule has 106 valence electrons. The Morgan fingerprint density at radius 2 is 1.68 bits per heavy atom. The van der Waals surface area contributed by atoms with E-state index in [2.05, 4.69) is 68.0 Å². The van der Waals surface area contributed by atoms with E-state index < -0.39 is 0 Å². The molecule has 2 heteroatoms. The first-order chi connectivity index (χ1) is 8.98. The van der Waals surface area contributed by atoms with Crippen LogP contribution in [-0.2, 0) is 0 Å². The van der Waals surface area contributed by atoms with Crippen molar-refractivity contribution in [3.05, 3.63) is 35.9 Å². The maximum absolute atomic E-state index is 2.61. The Hall–Kier alpha value is -0.860. The number of hydrogen-bond donors (Lipinski definition) is 0. The molecule has 0 radical (unpaired) electrons. The third kappa shape index (κ3) is 3.80. The summed E-state index contributed by atoms with van der Waals surface area (Å²) in [5, 5.41) is 0. The summed E-state index contributed by atoms with van der Waals surface area (Å²) < 4.78 is 0. The van der Waals surface area contributed by atoms with Gasteiger partial charge in [-0.1, -0.05) is 30.3 Å². The Balaban J connectivity index is 2.17. The minimum Gasteiger partial charge on any atom is -0.301 e. The van der Waals surface area contributed by atoms with E-state index in [-0.39, 0.29) is 5.54 Å². The molecule has 1 aliphatic rings. The molecule has 0 aliphatic carbocycles. The van der Waals surface area contributed by atoms with E-state index in [9.17, 15) is 0 Å². The SMILES string of the molecule is CN(C(CN1CCCC1)c1ccccc1)C(C)(C)C. The van der Waals surface area contributed by atoms with Crippen LogP contribution in [0.4, 0.5) is 0 Å². The number of likely N-dealkylation sites (N-methyl/N-ethyl adjacent to an activating group) is 1. The van der Waals surface area contributed by atoms with Crippen molar-refractivity contribution in [2.45, 2.75) is 45.2 Å². The third-order valence-corrected chi connectivity index (χ3v) is 4.34. The molecule has 0 aromatic heterocycles. The largest absolute Gasteiger partial charge is 0.301 e. The van der Waals surface area contributed by atoms with Crippen LogP contribution in [0.1, 0.15) is 45.2 Å². The van der Waals surface area contributed by atoms with Gasteiger partial charge in [0.2, 0.25) is 0 Å². The normalized spacial score (nSPS) is 19.0. The van der Waals surface area contributed by atoms with E-state index in [1.54, 1.807) is 0 Å². The van der Waals surface area contributed by atoms with Gasteiger partial charge in [0.1, 0.15) is 0 Å². The molecule has 0 spiro atoms. The first-order valence-electron chi connectivity index (χ1n) is 7.49. The van der Waals surface area contributed by atoms with Gasteiger partial charge in [0.05, 0.1) is 0 Å². The third-order valence-electron chi connectivity index (χ3n) is 4.34. The smallest absolute Gasteiger partial charge is 0.0477 e. The second-order valence-electron chi connectivity index (χ2n) is 6.72. The van der Waals surface area contributed by atoms with Crippen LogP contribution in [-0.4, -0.2) is 42.0 Å². The van der Waals surface area contributed by atoms with Crippen LogP contribution in [0.3, 0.4) is 0 Å². The van der Waals surface area contributed by atoms with E-state index >= 15 is 0 Å². The van der Waals surface area contributed by atoms with Gasteiger partial charge in [0.25, 0.3) is 0 Å². The zero-order chi connectivity index (χ0) is 13.9. The van der Waals surface area contributed by atoms with Gasteiger partial charge >= 0.3 is 0 Å². The lowest BCUT2D eigenvalue weighted by atomic mass is 9.98. The van der Waals surface area contributed by atoms with E-state index in [0.717, 1.165) is 6.54 Å². The van der Waals surface area contributed by atoms with Gasteiger partial charge in [-0.3, -0.25) is 4.90 Å². The highest BCUT2D eigenvalue weighted by molar-refractivity contribution is 5.20. The molecule has 19 heavy (non-hydrogen) atoms. The Kier molecular flexibility index (Phi) is 4.64. The first kappa shape index (κ1) is 14.5. The highest BCUT2D eigenvalue weighted by Gasteiger charge is 2.28. The monoisotopic (exact) mass is 260 g/mol. The van der Waals surface area contributed by atoms with Gasteiger partial charge in [0, 0.05) is 18.1 Å². The van der Waals surface area contributed by atoms with Crippen molar-refractivity contribution in [3.63, 3.8) is 0 Å². The summed E-state index contributed by atoms with van der Waals surface area (Å²) in [6.45, 7) is 10.6. The van der Waals surface area contributed by atoms with Crippen LogP contribution >= 0.6 is 0 Å². The van der Waals surface area contributed by atoms with Crippen LogP contribution in [0, 0.1) is 0 Å². The summed E-state index contributed by atoms with van der Waals surface area (Å²) in [6, 6.07) is 11.4. The summed E-state index contributed by atoms with van der Waals surface area (Å²) in [6.07, 6.45) is 2.72. The first-order valence-corrected chi connectivity index (χ1v) is 7.49. The number of rotatable bonds is 4. The predicted molar refractivity (Wildman–Crippen MR) is 82.4 cm³/mol. The van der Waals surface area contributed by atoms with E-state index in [4.69, 9.17) is 0 Å². The lowest BCUT2D eigenvalue weighted by molar-refractivity contribution is 0.0905. The van der Waals surface area contributed by atoms with Crippen molar-refractivity contribution in [1.82, 2.24) is 9.80 Å². The topological polar surface area (TPSA) is 6.48 Å². The minimum atomic E-state index is 0.195. The highest BCUT2D eigenvalue weighted by atomic mass is 15.2. The van der Waals surface area contributed by atoms with Crippen molar-refractivity contribution < 1.29 is 0 Å². The van der Waals surface area contributed by atoms with Gasteiger partial charge in [-0.15, -0.1) is 0 Å². The van der Waals surface area contributed by atoms with Crippen molar-refractivity contribution in [3.8, 4) is 0 Å². The number of likely N-dealkylation sites (tertiary alicyclic amines) is 1. The summed E-state index contributed by atoms with van der Waals surface area (Å²) in [4.78, 5) is 5.13. The second-order valence-corrected chi connectivity index (χ2v) is 6.72. The molecule has 1 fully saturated rings. The zero-order valence-electron chi connectivity index (χ0n) is 12.9. The molecule has 0 saturated carbocycles. The summed E-state index contributed by atoms with van der Waals surface area (Å²) >= 11 is 0. The number of nitrogens with zero attached hydrogens (tertiary/aromatic N) is 2. The Bertz CT molecular complexity index is 374.